The van der Waals surface area contributed by atoms with E-state index >= 15 is 0 Å². The predicted molar refractivity (Wildman–Crippen MR) is 93.5 cm³/mol. The van der Waals surface area contributed by atoms with Gasteiger partial charge in [0.1, 0.15) is 18.1 Å². The maximum atomic E-state index is 12.5. The van der Waals surface area contributed by atoms with Crippen molar-refractivity contribution in [1.82, 2.24) is 4.31 Å². The second kappa shape index (κ2) is 7.61. The number of hydrogen-bond acceptors (Lipinski definition) is 5. The highest BCUT2D eigenvalue weighted by atomic mass is 35.5. The van der Waals surface area contributed by atoms with Crippen LogP contribution in [0.2, 0.25) is 5.02 Å². The molecule has 0 unspecified atom stereocenters. The van der Waals surface area contributed by atoms with Crippen LogP contribution in [0, 0.1) is 0 Å². The molecular formula is C17H18ClNO5S. The quantitative estimate of drug-likeness (QED) is 0.859. The molecule has 0 spiro atoms. The molecule has 1 saturated heterocycles. The Balaban J connectivity index is 1.67. The minimum absolute atomic E-state index is 0.0676. The Hall–Kier alpha value is -1.80. The van der Waals surface area contributed by atoms with Gasteiger partial charge in [-0.05, 0) is 48.0 Å². The van der Waals surface area contributed by atoms with Crippen molar-refractivity contribution < 1.29 is 23.0 Å². The zero-order valence-corrected chi connectivity index (χ0v) is 15.0. The lowest BCUT2D eigenvalue weighted by Crippen LogP contribution is -2.40. The molecule has 0 radical (unpaired) electrons. The standard InChI is InChI=1S/C17H18ClNO5S/c18-14-9-13(10-15(20)11-14)12-24-16-1-3-17(4-2-16)25(21,22)19-5-7-23-8-6-19/h1-4,9-11,20H,5-8,12H2. The fourth-order valence-electron chi connectivity index (χ4n) is 2.53. The van der Waals surface area contributed by atoms with Gasteiger partial charge in [0.2, 0.25) is 10.0 Å². The van der Waals surface area contributed by atoms with Crippen LogP contribution in [0.1, 0.15) is 5.56 Å². The highest BCUT2D eigenvalue weighted by Gasteiger charge is 2.26. The smallest absolute Gasteiger partial charge is 0.243 e. The first kappa shape index (κ1) is 18.0. The number of ether oxygens (including phenoxy) is 2. The predicted octanol–water partition coefficient (Wildman–Crippen LogP) is 2.65. The second-order valence-corrected chi connectivity index (χ2v) is 7.97. The number of rotatable bonds is 5. The first-order valence-corrected chi connectivity index (χ1v) is 9.56. The molecule has 0 amide bonds. The molecule has 2 aromatic carbocycles. The van der Waals surface area contributed by atoms with E-state index in [0.29, 0.717) is 37.1 Å². The van der Waals surface area contributed by atoms with Crippen LogP contribution in [0.5, 0.6) is 11.5 Å². The van der Waals surface area contributed by atoms with Crippen LogP contribution in [-0.2, 0) is 21.4 Å². The third-order valence-electron chi connectivity index (χ3n) is 3.78. The summed E-state index contributed by atoms with van der Waals surface area (Å²) in [6.07, 6.45) is 0. The van der Waals surface area contributed by atoms with Crippen molar-refractivity contribution >= 4 is 21.6 Å². The number of aromatic hydroxyl groups is 1. The average Bonchev–Trinajstić information content (AvgIpc) is 2.60. The van der Waals surface area contributed by atoms with Crippen LogP contribution in [0.4, 0.5) is 0 Å². The van der Waals surface area contributed by atoms with Crippen LogP contribution in [0.25, 0.3) is 0 Å². The van der Waals surface area contributed by atoms with Crippen molar-refractivity contribution in [2.24, 2.45) is 0 Å². The third kappa shape index (κ3) is 4.43. The number of morpholine rings is 1. The van der Waals surface area contributed by atoms with Crippen LogP contribution in [0.15, 0.2) is 47.4 Å². The Morgan fingerprint density at radius 1 is 1.12 bits per heavy atom. The summed E-state index contributed by atoms with van der Waals surface area (Å²) >= 11 is 5.88. The Labute approximate surface area is 151 Å². The van der Waals surface area contributed by atoms with E-state index in [1.165, 1.54) is 22.5 Å². The van der Waals surface area contributed by atoms with Gasteiger partial charge in [0.05, 0.1) is 18.1 Å². The van der Waals surface area contributed by atoms with Gasteiger partial charge in [-0.1, -0.05) is 11.6 Å². The van der Waals surface area contributed by atoms with Crippen molar-refractivity contribution in [1.29, 1.82) is 0 Å². The number of phenolic OH excluding ortho intramolecular Hbond substituents is 1. The van der Waals surface area contributed by atoms with Gasteiger partial charge in [-0.3, -0.25) is 0 Å². The minimum atomic E-state index is -3.51. The number of benzene rings is 2. The molecule has 1 aliphatic heterocycles. The summed E-state index contributed by atoms with van der Waals surface area (Å²) in [6, 6.07) is 11.0. The van der Waals surface area contributed by atoms with E-state index in [2.05, 4.69) is 0 Å². The van der Waals surface area contributed by atoms with Gasteiger partial charge >= 0.3 is 0 Å². The SMILES string of the molecule is O=S(=O)(c1ccc(OCc2cc(O)cc(Cl)c2)cc1)N1CCOCC1. The number of nitrogens with zero attached hydrogens (tertiary/aromatic N) is 1. The first-order valence-electron chi connectivity index (χ1n) is 7.74. The topological polar surface area (TPSA) is 76.1 Å². The summed E-state index contributed by atoms with van der Waals surface area (Å²) in [5.74, 6) is 0.596. The van der Waals surface area contributed by atoms with Crippen molar-refractivity contribution in [3.05, 3.63) is 53.1 Å². The number of sulfonamides is 1. The summed E-state index contributed by atoms with van der Waals surface area (Å²) in [5, 5.41) is 9.94. The Morgan fingerprint density at radius 3 is 2.44 bits per heavy atom. The van der Waals surface area contributed by atoms with Gasteiger partial charge in [0, 0.05) is 18.1 Å². The molecule has 0 atom stereocenters. The molecule has 134 valence electrons. The van der Waals surface area contributed by atoms with E-state index in [-0.39, 0.29) is 17.3 Å². The maximum absolute atomic E-state index is 12.5. The Morgan fingerprint density at radius 2 is 1.80 bits per heavy atom. The molecule has 1 fully saturated rings. The van der Waals surface area contributed by atoms with E-state index in [0.717, 1.165) is 5.56 Å². The van der Waals surface area contributed by atoms with Crippen LogP contribution in [0.3, 0.4) is 0 Å². The average molecular weight is 384 g/mol. The van der Waals surface area contributed by atoms with Gasteiger partial charge in [0.15, 0.2) is 0 Å². The summed E-state index contributed by atoms with van der Waals surface area (Å²) in [5.41, 5.74) is 0.718. The van der Waals surface area contributed by atoms with E-state index in [4.69, 9.17) is 21.1 Å². The largest absolute Gasteiger partial charge is 0.508 e. The monoisotopic (exact) mass is 383 g/mol. The zero-order valence-electron chi connectivity index (χ0n) is 13.4. The van der Waals surface area contributed by atoms with Crippen molar-refractivity contribution in [3.8, 4) is 11.5 Å². The van der Waals surface area contributed by atoms with Crippen molar-refractivity contribution in [2.75, 3.05) is 26.3 Å². The summed E-state index contributed by atoms with van der Waals surface area (Å²) in [4.78, 5) is 0.224. The molecule has 1 N–H and O–H groups in total. The third-order valence-corrected chi connectivity index (χ3v) is 5.91. The fourth-order valence-corrected chi connectivity index (χ4v) is 4.19. The molecule has 1 aliphatic rings. The van der Waals surface area contributed by atoms with Gasteiger partial charge in [-0.25, -0.2) is 8.42 Å². The summed E-state index contributed by atoms with van der Waals surface area (Å²) in [7, 11) is -3.51. The molecular weight excluding hydrogens is 366 g/mol. The number of phenols is 1. The lowest BCUT2D eigenvalue weighted by molar-refractivity contribution is 0.0730. The molecule has 0 bridgehead atoms. The highest BCUT2D eigenvalue weighted by Crippen LogP contribution is 2.23. The van der Waals surface area contributed by atoms with Gasteiger partial charge in [-0.15, -0.1) is 0 Å². The van der Waals surface area contributed by atoms with Gasteiger partial charge < -0.3 is 14.6 Å². The maximum Gasteiger partial charge on any atom is 0.243 e. The van der Waals surface area contributed by atoms with Gasteiger partial charge in [-0.2, -0.15) is 4.31 Å². The zero-order chi connectivity index (χ0) is 17.9. The second-order valence-electron chi connectivity index (χ2n) is 5.59. The van der Waals surface area contributed by atoms with E-state index < -0.39 is 10.0 Å². The molecule has 3 rings (SSSR count). The normalized spacial score (nSPS) is 15.9. The van der Waals surface area contributed by atoms with Crippen LogP contribution in [-0.4, -0.2) is 44.1 Å². The van der Waals surface area contributed by atoms with E-state index in [9.17, 15) is 13.5 Å². The summed E-state index contributed by atoms with van der Waals surface area (Å²) < 4.78 is 37.3. The van der Waals surface area contributed by atoms with Crippen LogP contribution < -0.4 is 4.74 Å². The van der Waals surface area contributed by atoms with Gasteiger partial charge in [0.25, 0.3) is 0 Å². The lowest BCUT2D eigenvalue weighted by Gasteiger charge is -2.26. The number of halogens is 1. The highest BCUT2D eigenvalue weighted by molar-refractivity contribution is 7.89. The first-order chi connectivity index (χ1) is 11.9. The van der Waals surface area contributed by atoms with Crippen LogP contribution >= 0.6 is 11.6 Å². The Kier molecular flexibility index (Phi) is 5.48. The molecule has 25 heavy (non-hydrogen) atoms. The van der Waals surface area contributed by atoms with E-state index in [1.54, 1.807) is 24.3 Å². The van der Waals surface area contributed by atoms with Crippen molar-refractivity contribution in [2.45, 2.75) is 11.5 Å². The van der Waals surface area contributed by atoms with Crippen molar-refractivity contribution in [3.63, 3.8) is 0 Å². The lowest BCUT2D eigenvalue weighted by atomic mass is 10.2. The molecule has 0 aliphatic carbocycles. The molecule has 6 nitrogen and oxygen atoms in total. The molecule has 0 saturated carbocycles. The minimum Gasteiger partial charge on any atom is -0.508 e. The van der Waals surface area contributed by atoms with E-state index in [1.807, 2.05) is 0 Å². The Bertz CT molecular complexity index is 812. The molecule has 0 aromatic heterocycles. The summed E-state index contributed by atoms with van der Waals surface area (Å²) in [6.45, 7) is 1.75. The molecule has 1 heterocycles. The fraction of sp³-hybridized carbons (Fsp3) is 0.294. The molecule has 8 heteroatoms. The molecule has 2 aromatic rings. The number of hydrogen-bond donors (Lipinski definition) is 1.